The minimum Gasteiger partial charge on any atom is -0.0616 e. The second kappa shape index (κ2) is 6.80. The highest BCUT2D eigenvalue weighted by Crippen LogP contribution is 2.36. The van der Waals surface area contributed by atoms with E-state index in [-0.39, 0.29) is 0 Å². The maximum atomic E-state index is 2.35. The molecule has 4 rings (SSSR count). The van der Waals surface area contributed by atoms with Gasteiger partial charge >= 0.3 is 0 Å². The molecule has 0 aliphatic carbocycles. The summed E-state index contributed by atoms with van der Waals surface area (Å²) < 4.78 is 0. The van der Waals surface area contributed by atoms with Crippen molar-refractivity contribution in [3.8, 4) is 22.3 Å². The summed E-state index contributed by atoms with van der Waals surface area (Å²) in [6, 6.07) is 28.9. The number of hydrogen-bond acceptors (Lipinski definition) is 0. The Morgan fingerprint density at radius 2 is 1.35 bits per heavy atom. The van der Waals surface area contributed by atoms with Gasteiger partial charge in [-0.05, 0) is 76.1 Å². The zero-order valence-electron chi connectivity index (χ0n) is 15.7. The molecule has 26 heavy (non-hydrogen) atoms. The minimum atomic E-state index is 1.08. The van der Waals surface area contributed by atoms with E-state index in [1.54, 1.807) is 0 Å². The Morgan fingerprint density at radius 1 is 0.654 bits per heavy atom. The van der Waals surface area contributed by atoms with Crippen LogP contribution in [-0.4, -0.2) is 0 Å². The van der Waals surface area contributed by atoms with E-state index in [0.29, 0.717) is 0 Å². The standard InChI is InChI=1S/C26H24/c1-4-20-11-15-21(16-12-20)23-14-9-18(2)25(17-23)26-19(3)10-13-22-7-5-6-8-24(22)26/h5-17H,4H2,1-3H3. The van der Waals surface area contributed by atoms with Crippen LogP contribution in [0.1, 0.15) is 23.6 Å². The molecule has 0 heteroatoms. The molecule has 4 aromatic rings. The van der Waals surface area contributed by atoms with Crippen molar-refractivity contribution in [3.05, 3.63) is 95.6 Å². The number of aryl methyl sites for hydroxylation is 3. The molecule has 0 unspecified atom stereocenters. The highest BCUT2D eigenvalue weighted by Gasteiger charge is 2.11. The molecule has 0 aliphatic rings. The summed E-state index contributed by atoms with van der Waals surface area (Å²) in [6.45, 7) is 6.62. The van der Waals surface area contributed by atoms with Crippen molar-refractivity contribution in [2.45, 2.75) is 27.2 Å². The van der Waals surface area contributed by atoms with Crippen LogP contribution in [-0.2, 0) is 6.42 Å². The molecule has 0 radical (unpaired) electrons. The summed E-state index contributed by atoms with van der Waals surface area (Å²) in [5.41, 5.74) is 9.26. The normalized spacial score (nSPS) is 11.0. The second-order valence-corrected chi connectivity index (χ2v) is 7.06. The number of hydrogen-bond donors (Lipinski definition) is 0. The topological polar surface area (TPSA) is 0 Å². The predicted molar refractivity (Wildman–Crippen MR) is 114 cm³/mol. The fraction of sp³-hybridized carbons (Fsp3) is 0.154. The van der Waals surface area contributed by atoms with E-state index in [1.165, 1.54) is 49.7 Å². The molecule has 0 N–H and O–H groups in total. The molecule has 0 saturated heterocycles. The summed E-state index contributed by atoms with van der Waals surface area (Å²) in [4.78, 5) is 0. The first kappa shape index (κ1) is 16.6. The Morgan fingerprint density at radius 3 is 2.12 bits per heavy atom. The van der Waals surface area contributed by atoms with Gasteiger partial charge in [-0.1, -0.05) is 79.7 Å². The zero-order valence-corrected chi connectivity index (χ0v) is 15.7. The predicted octanol–water partition coefficient (Wildman–Crippen LogP) is 7.35. The first-order valence-electron chi connectivity index (χ1n) is 9.36. The summed E-state index contributed by atoms with van der Waals surface area (Å²) in [7, 11) is 0. The Bertz CT molecular complexity index is 1070. The molecule has 0 aliphatic heterocycles. The molecule has 0 aromatic heterocycles. The SMILES string of the molecule is CCc1ccc(-c2ccc(C)c(-c3c(C)ccc4ccccc34)c2)cc1. The third-order valence-electron chi connectivity index (χ3n) is 5.34. The van der Waals surface area contributed by atoms with E-state index in [1.807, 2.05) is 0 Å². The van der Waals surface area contributed by atoms with Crippen molar-refractivity contribution in [1.29, 1.82) is 0 Å². The molecule has 128 valence electrons. The lowest BCUT2D eigenvalue weighted by Crippen LogP contribution is -1.91. The van der Waals surface area contributed by atoms with Gasteiger partial charge in [0.25, 0.3) is 0 Å². The van der Waals surface area contributed by atoms with Gasteiger partial charge in [0.1, 0.15) is 0 Å². The van der Waals surface area contributed by atoms with E-state index >= 15 is 0 Å². The molecule has 0 nitrogen and oxygen atoms in total. The lowest BCUT2D eigenvalue weighted by Gasteiger charge is -2.15. The van der Waals surface area contributed by atoms with Crippen LogP contribution in [0.3, 0.4) is 0 Å². The quantitative estimate of drug-likeness (QED) is 0.367. The molecule has 0 spiro atoms. The van der Waals surface area contributed by atoms with Crippen molar-refractivity contribution in [1.82, 2.24) is 0 Å². The van der Waals surface area contributed by atoms with Gasteiger partial charge in [-0.3, -0.25) is 0 Å². The summed E-state index contributed by atoms with van der Waals surface area (Å²) in [6.07, 6.45) is 1.08. The highest BCUT2D eigenvalue weighted by atomic mass is 14.1. The maximum Gasteiger partial charge on any atom is -0.00732 e. The Kier molecular flexibility index (Phi) is 4.34. The molecular formula is C26H24. The third kappa shape index (κ3) is 2.93. The maximum absolute atomic E-state index is 2.35. The van der Waals surface area contributed by atoms with Crippen molar-refractivity contribution < 1.29 is 0 Å². The van der Waals surface area contributed by atoms with Crippen molar-refractivity contribution in [2.75, 3.05) is 0 Å². The molecule has 0 saturated carbocycles. The molecule has 0 atom stereocenters. The Labute approximate surface area is 156 Å². The Hall–Kier alpha value is -2.86. The lowest BCUT2D eigenvalue weighted by atomic mass is 9.89. The van der Waals surface area contributed by atoms with E-state index < -0.39 is 0 Å². The minimum absolute atomic E-state index is 1.08. The lowest BCUT2D eigenvalue weighted by molar-refractivity contribution is 1.14. The highest BCUT2D eigenvalue weighted by molar-refractivity contribution is 5.99. The molecule has 4 aromatic carbocycles. The van der Waals surface area contributed by atoms with E-state index in [4.69, 9.17) is 0 Å². The van der Waals surface area contributed by atoms with Gasteiger partial charge in [-0.2, -0.15) is 0 Å². The number of rotatable bonds is 3. The van der Waals surface area contributed by atoms with Gasteiger partial charge in [0.2, 0.25) is 0 Å². The summed E-state index contributed by atoms with van der Waals surface area (Å²) >= 11 is 0. The van der Waals surface area contributed by atoms with Crippen LogP contribution in [0.15, 0.2) is 78.9 Å². The van der Waals surface area contributed by atoms with Gasteiger partial charge in [0, 0.05) is 0 Å². The monoisotopic (exact) mass is 336 g/mol. The first-order chi connectivity index (χ1) is 12.7. The van der Waals surface area contributed by atoms with Crippen LogP contribution in [0.4, 0.5) is 0 Å². The van der Waals surface area contributed by atoms with Crippen molar-refractivity contribution >= 4 is 10.8 Å². The fourth-order valence-corrected chi connectivity index (χ4v) is 3.74. The van der Waals surface area contributed by atoms with Gasteiger partial charge in [-0.15, -0.1) is 0 Å². The third-order valence-corrected chi connectivity index (χ3v) is 5.34. The van der Waals surface area contributed by atoms with Crippen LogP contribution >= 0.6 is 0 Å². The Balaban J connectivity index is 1.91. The summed E-state index contributed by atoms with van der Waals surface area (Å²) in [5.74, 6) is 0. The van der Waals surface area contributed by atoms with Gasteiger partial charge in [0.05, 0.1) is 0 Å². The molecule has 0 amide bonds. The molecule has 0 heterocycles. The molecule has 0 bridgehead atoms. The van der Waals surface area contributed by atoms with Crippen molar-refractivity contribution in [2.24, 2.45) is 0 Å². The largest absolute Gasteiger partial charge is 0.0616 e. The fourth-order valence-electron chi connectivity index (χ4n) is 3.74. The van der Waals surface area contributed by atoms with Crippen molar-refractivity contribution in [3.63, 3.8) is 0 Å². The molecule has 0 fully saturated rings. The van der Waals surface area contributed by atoms with E-state index in [2.05, 4.69) is 99.6 Å². The van der Waals surface area contributed by atoms with Crippen LogP contribution in [0.25, 0.3) is 33.0 Å². The molecular weight excluding hydrogens is 312 g/mol. The number of benzene rings is 4. The smallest absolute Gasteiger partial charge is 0.00732 e. The zero-order chi connectivity index (χ0) is 18.1. The van der Waals surface area contributed by atoms with Crippen LogP contribution in [0, 0.1) is 13.8 Å². The van der Waals surface area contributed by atoms with Crippen LogP contribution in [0.5, 0.6) is 0 Å². The van der Waals surface area contributed by atoms with E-state index in [9.17, 15) is 0 Å². The van der Waals surface area contributed by atoms with E-state index in [0.717, 1.165) is 6.42 Å². The van der Waals surface area contributed by atoms with Gasteiger partial charge in [-0.25, -0.2) is 0 Å². The van der Waals surface area contributed by atoms with Crippen LogP contribution in [0.2, 0.25) is 0 Å². The first-order valence-corrected chi connectivity index (χ1v) is 9.36. The van der Waals surface area contributed by atoms with Gasteiger partial charge in [0.15, 0.2) is 0 Å². The van der Waals surface area contributed by atoms with Crippen LogP contribution < -0.4 is 0 Å². The average Bonchev–Trinajstić information content (AvgIpc) is 2.69. The summed E-state index contributed by atoms with van der Waals surface area (Å²) in [5, 5.41) is 2.62. The average molecular weight is 336 g/mol. The second-order valence-electron chi connectivity index (χ2n) is 7.06. The van der Waals surface area contributed by atoms with Gasteiger partial charge < -0.3 is 0 Å². The number of fused-ring (bicyclic) bond motifs is 1.